The van der Waals surface area contributed by atoms with Crippen molar-refractivity contribution in [3.05, 3.63) is 82.9 Å². The highest BCUT2D eigenvalue weighted by Gasteiger charge is 2.17. The number of phenols is 1. The van der Waals surface area contributed by atoms with E-state index in [2.05, 4.69) is 10.6 Å². The van der Waals surface area contributed by atoms with Crippen LogP contribution in [0.5, 0.6) is 17.2 Å². The van der Waals surface area contributed by atoms with Crippen molar-refractivity contribution in [2.45, 2.75) is 33.7 Å². The van der Waals surface area contributed by atoms with Gasteiger partial charge in [0.25, 0.3) is 5.91 Å². The molecule has 0 aliphatic rings. The van der Waals surface area contributed by atoms with Crippen LogP contribution in [-0.4, -0.2) is 16.9 Å². The lowest BCUT2D eigenvalue weighted by Crippen LogP contribution is -2.26. The number of rotatable bonds is 6. The van der Waals surface area contributed by atoms with Gasteiger partial charge in [-0.05, 0) is 67.8 Å². The molecule has 0 radical (unpaired) electrons. The first-order valence-electron chi connectivity index (χ1n) is 10.00. The summed E-state index contributed by atoms with van der Waals surface area (Å²) in [5.74, 6) is 0.386. The number of anilines is 1. The molecule has 1 unspecified atom stereocenters. The number of amides is 2. The quantitative estimate of drug-likeness (QED) is 0.510. The van der Waals surface area contributed by atoms with Crippen molar-refractivity contribution in [1.82, 2.24) is 5.32 Å². The largest absolute Gasteiger partial charge is 0.507 e. The molecule has 0 spiro atoms. The third-order valence-electron chi connectivity index (χ3n) is 4.86. The molecule has 3 aromatic rings. The molecule has 0 heterocycles. The normalized spacial score (nSPS) is 11.5. The van der Waals surface area contributed by atoms with Crippen LogP contribution in [0.4, 0.5) is 5.69 Å². The molecule has 1 atom stereocenters. The van der Waals surface area contributed by atoms with Crippen molar-refractivity contribution in [2.24, 2.45) is 0 Å². The zero-order chi connectivity index (χ0) is 22.5. The molecule has 2 amide bonds. The molecule has 3 N–H and O–H groups in total. The van der Waals surface area contributed by atoms with E-state index in [1.54, 1.807) is 6.07 Å². The summed E-state index contributed by atoms with van der Waals surface area (Å²) in [6.07, 6.45) is 0. The predicted octanol–water partition coefficient (Wildman–Crippen LogP) is 5.25. The zero-order valence-corrected chi connectivity index (χ0v) is 18.0. The lowest BCUT2D eigenvalue weighted by atomic mass is 10.1. The minimum atomic E-state index is -0.395. The summed E-state index contributed by atoms with van der Waals surface area (Å²) in [5.41, 5.74) is 3.45. The smallest absolute Gasteiger partial charge is 0.255 e. The molecule has 0 aliphatic heterocycles. The number of hydrogen-bond acceptors (Lipinski definition) is 4. The van der Waals surface area contributed by atoms with Crippen LogP contribution in [0, 0.1) is 13.8 Å². The number of nitrogens with one attached hydrogen (secondary N) is 2. The first kappa shape index (κ1) is 21.9. The van der Waals surface area contributed by atoms with Crippen LogP contribution in [-0.2, 0) is 4.79 Å². The third-order valence-corrected chi connectivity index (χ3v) is 4.86. The van der Waals surface area contributed by atoms with Crippen LogP contribution in [0.15, 0.2) is 60.7 Å². The maximum absolute atomic E-state index is 12.8. The van der Waals surface area contributed by atoms with E-state index < -0.39 is 5.91 Å². The van der Waals surface area contributed by atoms with Crippen molar-refractivity contribution in [2.75, 3.05) is 5.32 Å². The highest BCUT2D eigenvalue weighted by molar-refractivity contribution is 5.97. The van der Waals surface area contributed by atoms with E-state index >= 15 is 0 Å². The van der Waals surface area contributed by atoms with Crippen LogP contribution in [0.2, 0.25) is 0 Å². The van der Waals surface area contributed by atoms with Gasteiger partial charge in [-0.1, -0.05) is 30.3 Å². The molecule has 3 rings (SSSR count). The average Bonchev–Trinajstić information content (AvgIpc) is 2.72. The van der Waals surface area contributed by atoms with Crippen molar-refractivity contribution < 1.29 is 19.4 Å². The van der Waals surface area contributed by atoms with Crippen LogP contribution in [0.3, 0.4) is 0 Å². The van der Waals surface area contributed by atoms with Crippen LogP contribution < -0.4 is 15.4 Å². The van der Waals surface area contributed by atoms with Gasteiger partial charge < -0.3 is 20.5 Å². The van der Waals surface area contributed by atoms with Gasteiger partial charge in [0, 0.05) is 12.6 Å². The number of aryl methyl sites for hydroxylation is 2. The Labute approximate surface area is 181 Å². The van der Waals surface area contributed by atoms with E-state index in [0.717, 1.165) is 16.7 Å². The topological polar surface area (TPSA) is 87.7 Å². The monoisotopic (exact) mass is 418 g/mol. The van der Waals surface area contributed by atoms with Gasteiger partial charge in [0.05, 0.1) is 11.6 Å². The summed E-state index contributed by atoms with van der Waals surface area (Å²) in [7, 11) is 0. The number of phenolic OH excluding ortho intramolecular Hbond substituents is 1. The average molecular weight is 418 g/mol. The Morgan fingerprint density at radius 1 is 0.968 bits per heavy atom. The lowest BCUT2D eigenvalue weighted by molar-refractivity contribution is -0.114. The van der Waals surface area contributed by atoms with Gasteiger partial charge >= 0.3 is 0 Å². The Kier molecular flexibility index (Phi) is 6.60. The maximum atomic E-state index is 12.8. The minimum absolute atomic E-state index is 0.125. The van der Waals surface area contributed by atoms with Crippen LogP contribution in [0.25, 0.3) is 0 Å². The van der Waals surface area contributed by atoms with Crippen LogP contribution in [0.1, 0.15) is 46.9 Å². The Bertz CT molecular complexity index is 1090. The summed E-state index contributed by atoms with van der Waals surface area (Å²) >= 11 is 0. The van der Waals surface area contributed by atoms with Crippen molar-refractivity contribution in [1.29, 1.82) is 0 Å². The summed E-state index contributed by atoms with van der Waals surface area (Å²) in [6, 6.07) is 17.6. The van der Waals surface area contributed by atoms with E-state index in [0.29, 0.717) is 17.2 Å². The van der Waals surface area contributed by atoms with Gasteiger partial charge in [0.1, 0.15) is 17.2 Å². The standard InChI is InChI=1S/C25H26N2O4/c1-15-12-20(27-18(4)28)13-16(2)24(15)31-21-10-11-23(29)22(14-21)25(30)26-17(3)19-8-6-5-7-9-19/h5-14,17,29H,1-4H3,(H,26,30)(H,27,28). The van der Waals surface area contributed by atoms with Gasteiger partial charge in [0.2, 0.25) is 5.91 Å². The van der Waals surface area contributed by atoms with Gasteiger partial charge in [-0.15, -0.1) is 0 Å². The van der Waals surface area contributed by atoms with Gasteiger partial charge in [-0.25, -0.2) is 0 Å². The number of benzene rings is 3. The molecule has 0 saturated heterocycles. The highest BCUT2D eigenvalue weighted by Crippen LogP contribution is 2.33. The first-order valence-corrected chi connectivity index (χ1v) is 10.00. The molecule has 0 bridgehead atoms. The fourth-order valence-electron chi connectivity index (χ4n) is 3.36. The molecule has 0 saturated carbocycles. The van der Waals surface area contributed by atoms with Gasteiger partial charge in [-0.3, -0.25) is 9.59 Å². The number of hydrogen-bond donors (Lipinski definition) is 3. The Morgan fingerprint density at radius 2 is 1.61 bits per heavy atom. The molecular weight excluding hydrogens is 392 g/mol. The van der Waals surface area contributed by atoms with Crippen LogP contribution >= 0.6 is 0 Å². The molecule has 3 aromatic carbocycles. The second-order valence-electron chi connectivity index (χ2n) is 7.51. The van der Waals surface area contributed by atoms with E-state index in [1.165, 1.54) is 19.1 Å². The van der Waals surface area contributed by atoms with E-state index in [-0.39, 0.29) is 23.3 Å². The minimum Gasteiger partial charge on any atom is -0.507 e. The van der Waals surface area contributed by atoms with Crippen molar-refractivity contribution in [3.63, 3.8) is 0 Å². The third kappa shape index (κ3) is 5.42. The van der Waals surface area contributed by atoms with E-state index in [1.807, 2.05) is 63.2 Å². The first-order chi connectivity index (χ1) is 14.7. The summed E-state index contributed by atoms with van der Waals surface area (Å²) < 4.78 is 6.03. The number of aromatic hydroxyl groups is 1. The summed E-state index contributed by atoms with van der Waals surface area (Å²) in [4.78, 5) is 24.1. The lowest BCUT2D eigenvalue weighted by Gasteiger charge is -2.17. The van der Waals surface area contributed by atoms with Gasteiger partial charge in [0.15, 0.2) is 0 Å². The Hall–Kier alpha value is -3.80. The summed E-state index contributed by atoms with van der Waals surface area (Å²) in [6.45, 7) is 7.09. The molecule has 0 aliphatic carbocycles. The van der Waals surface area contributed by atoms with E-state index in [4.69, 9.17) is 4.74 Å². The fourth-order valence-corrected chi connectivity index (χ4v) is 3.36. The molecule has 0 aromatic heterocycles. The second-order valence-corrected chi connectivity index (χ2v) is 7.51. The Balaban J connectivity index is 1.81. The Morgan fingerprint density at radius 3 is 2.23 bits per heavy atom. The highest BCUT2D eigenvalue weighted by atomic mass is 16.5. The number of ether oxygens (including phenoxy) is 1. The second kappa shape index (κ2) is 9.34. The molecule has 0 fully saturated rings. The van der Waals surface area contributed by atoms with Crippen molar-refractivity contribution >= 4 is 17.5 Å². The predicted molar refractivity (Wildman–Crippen MR) is 121 cm³/mol. The van der Waals surface area contributed by atoms with Crippen molar-refractivity contribution in [3.8, 4) is 17.2 Å². The van der Waals surface area contributed by atoms with E-state index in [9.17, 15) is 14.7 Å². The zero-order valence-electron chi connectivity index (χ0n) is 18.0. The SMILES string of the molecule is CC(=O)Nc1cc(C)c(Oc2ccc(O)c(C(=O)NC(C)c3ccccc3)c2)c(C)c1. The summed E-state index contributed by atoms with van der Waals surface area (Å²) in [5, 5.41) is 15.9. The molecule has 6 heteroatoms. The maximum Gasteiger partial charge on any atom is 0.255 e. The molecule has 160 valence electrons. The number of carbonyl (C=O) groups is 2. The molecule has 31 heavy (non-hydrogen) atoms. The molecular formula is C25H26N2O4. The number of carbonyl (C=O) groups excluding carboxylic acids is 2. The fraction of sp³-hybridized carbons (Fsp3) is 0.200. The van der Waals surface area contributed by atoms with Gasteiger partial charge in [-0.2, -0.15) is 0 Å². The molecule has 6 nitrogen and oxygen atoms in total.